The molecule has 0 spiro atoms. The number of carbonyl (C=O) groups excluding carboxylic acids is 1. The second-order valence-electron chi connectivity index (χ2n) is 5.77. The van der Waals surface area contributed by atoms with Crippen LogP contribution >= 0.6 is 0 Å². The predicted octanol–water partition coefficient (Wildman–Crippen LogP) is 0.875. The van der Waals surface area contributed by atoms with Crippen LogP contribution in [-0.2, 0) is 9.59 Å². The smallest absolute Gasteiger partial charge is 0.311 e. The number of amides is 1. The maximum absolute atomic E-state index is 11.7. The summed E-state index contributed by atoms with van der Waals surface area (Å²) in [6, 6.07) is -0.0608. The molecule has 5 nitrogen and oxygen atoms in total. The maximum atomic E-state index is 11.7. The standard InChI is InChI=1S/C13H22N2O3/c14-10(9-3-4-9)7-11(16)15-8-13(12(17)18)5-1-2-6-13/h9-10H,1-8,14H2,(H,15,16)(H,17,18). The van der Waals surface area contributed by atoms with Crippen molar-refractivity contribution in [2.45, 2.75) is 51.0 Å². The molecule has 2 fully saturated rings. The summed E-state index contributed by atoms with van der Waals surface area (Å²) in [5.41, 5.74) is 5.14. The summed E-state index contributed by atoms with van der Waals surface area (Å²) in [5, 5.41) is 12.0. The first-order valence-corrected chi connectivity index (χ1v) is 6.79. The van der Waals surface area contributed by atoms with Crippen molar-refractivity contribution in [1.82, 2.24) is 5.32 Å². The number of nitrogens with two attached hydrogens (primary N) is 1. The van der Waals surface area contributed by atoms with E-state index in [1.165, 1.54) is 0 Å². The lowest BCUT2D eigenvalue weighted by Crippen LogP contribution is -2.42. The van der Waals surface area contributed by atoms with Crippen molar-refractivity contribution < 1.29 is 14.7 Å². The number of hydrogen-bond acceptors (Lipinski definition) is 3. The molecule has 102 valence electrons. The molecule has 0 saturated heterocycles. The summed E-state index contributed by atoms with van der Waals surface area (Å²) in [4.78, 5) is 23.0. The highest BCUT2D eigenvalue weighted by atomic mass is 16.4. The lowest BCUT2D eigenvalue weighted by molar-refractivity contribution is -0.148. The third kappa shape index (κ3) is 3.02. The molecule has 0 heterocycles. The Morgan fingerprint density at radius 2 is 1.94 bits per heavy atom. The third-order valence-electron chi connectivity index (χ3n) is 4.29. The maximum Gasteiger partial charge on any atom is 0.311 e. The van der Waals surface area contributed by atoms with Crippen molar-refractivity contribution >= 4 is 11.9 Å². The Morgan fingerprint density at radius 1 is 1.33 bits per heavy atom. The van der Waals surface area contributed by atoms with Gasteiger partial charge in [0.2, 0.25) is 5.91 Å². The van der Waals surface area contributed by atoms with Crippen LogP contribution < -0.4 is 11.1 Å². The number of carbonyl (C=O) groups is 2. The first-order valence-electron chi connectivity index (χ1n) is 6.79. The predicted molar refractivity (Wildman–Crippen MR) is 66.9 cm³/mol. The van der Waals surface area contributed by atoms with Gasteiger partial charge in [-0.15, -0.1) is 0 Å². The van der Waals surface area contributed by atoms with Gasteiger partial charge >= 0.3 is 5.97 Å². The summed E-state index contributed by atoms with van der Waals surface area (Å²) in [6.07, 6.45) is 5.75. The van der Waals surface area contributed by atoms with Gasteiger partial charge in [0.15, 0.2) is 0 Å². The van der Waals surface area contributed by atoms with Gasteiger partial charge in [0.05, 0.1) is 5.41 Å². The quantitative estimate of drug-likeness (QED) is 0.656. The summed E-state index contributed by atoms with van der Waals surface area (Å²) in [7, 11) is 0. The number of carboxylic acid groups (broad SMARTS) is 1. The van der Waals surface area contributed by atoms with E-state index in [2.05, 4.69) is 5.32 Å². The van der Waals surface area contributed by atoms with Gasteiger partial charge in [0.25, 0.3) is 0 Å². The minimum atomic E-state index is -0.785. The largest absolute Gasteiger partial charge is 0.481 e. The number of hydrogen-bond donors (Lipinski definition) is 3. The average molecular weight is 254 g/mol. The van der Waals surface area contributed by atoms with Gasteiger partial charge in [0, 0.05) is 19.0 Å². The minimum absolute atomic E-state index is 0.0608. The zero-order chi connectivity index (χ0) is 13.2. The molecule has 1 unspecified atom stereocenters. The molecule has 2 saturated carbocycles. The van der Waals surface area contributed by atoms with E-state index in [1.807, 2.05) is 0 Å². The van der Waals surface area contributed by atoms with Gasteiger partial charge in [0.1, 0.15) is 0 Å². The van der Waals surface area contributed by atoms with Crippen LogP contribution in [0.2, 0.25) is 0 Å². The molecule has 0 radical (unpaired) electrons. The van der Waals surface area contributed by atoms with Gasteiger partial charge in [-0.2, -0.15) is 0 Å². The molecule has 0 aromatic heterocycles. The van der Waals surface area contributed by atoms with Gasteiger partial charge in [-0.05, 0) is 31.6 Å². The Kier molecular flexibility index (Phi) is 3.90. The first kappa shape index (κ1) is 13.3. The van der Waals surface area contributed by atoms with E-state index in [0.29, 0.717) is 25.2 Å². The van der Waals surface area contributed by atoms with Crippen molar-refractivity contribution in [1.29, 1.82) is 0 Å². The Hall–Kier alpha value is -1.10. The van der Waals surface area contributed by atoms with E-state index in [-0.39, 0.29) is 18.5 Å². The van der Waals surface area contributed by atoms with Crippen LogP contribution in [0.15, 0.2) is 0 Å². The topological polar surface area (TPSA) is 92.4 Å². The van der Waals surface area contributed by atoms with Crippen LogP contribution in [0.1, 0.15) is 44.9 Å². The molecule has 0 bridgehead atoms. The third-order valence-corrected chi connectivity index (χ3v) is 4.29. The Balaban J connectivity index is 1.78. The van der Waals surface area contributed by atoms with Crippen molar-refractivity contribution in [3.05, 3.63) is 0 Å². The monoisotopic (exact) mass is 254 g/mol. The van der Waals surface area contributed by atoms with Gasteiger partial charge < -0.3 is 16.2 Å². The lowest BCUT2D eigenvalue weighted by Gasteiger charge is -2.24. The number of rotatable bonds is 6. The molecular weight excluding hydrogens is 232 g/mol. The molecule has 2 aliphatic carbocycles. The molecular formula is C13H22N2O3. The summed E-state index contributed by atoms with van der Waals surface area (Å²) < 4.78 is 0. The van der Waals surface area contributed by atoms with Gasteiger partial charge in [-0.1, -0.05) is 12.8 Å². The Bertz CT molecular complexity index is 333. The highest BCUT2D eigenvalue weighted by molar-refractivity contribution is 5.79. The average Bonchev–Trinajstić information content (AvgIpc) is 3.06. The fourth-order valence-corrected chi connectivity index (χ4v) is 2.76. The van der Waals surface area contributed by atoms with Crippen LogP contribution in [0, 0.1) is 11.3 Å². The molecule has 0 aliphatic heterocycles. The number of aliphatic carboxylic acids is 1. The summed E-state index contributed by atoms with van der Waals surface area (Å²) in [5.74, 6) is -0.399. The van der Waals surface area contributed by atoms with E-state index < -0.39 is 11.4 Å². The van der Waals surface area contributed by atoms with Crippen molar-refractivity contribution in [2.24, 2.45) is 17.1 Å². The normalized spacial score (nSPS) is 23.6. The highest BCUT2D eigenvalue weighted by Crippen LogP contribution is 2.38. The second-order valence-corrected chi connectivity index (χ2v) is 5.77. The van der Waals surface area contributed by atoms with E-state index >= 15 is 0 Å². The molecule has 1 atom stereocenters. The van der Waals surface area contributed by atoms with E-state index in [1.54, 1.807) is 0 Å². The van der Waals surface area contributed by atoms with Gasteiger partial charge in [-0.25, -0.2) is 0 Å². The summed E-state index contributed by atoms with van der Waals surface area (Å²) in [6.45, 7) is 0.249. The summed E-state index contributed by atoms with van der Waals surface area (Å²) >= 11 is 0. The van der Waals surface area contributed by atoms with E-state index in [9.17, 15) is 14.7 Å². The Labute approximate surface area is 107 Å². The highest BCUT2D eigenvalue weighted by Gasteiger charge is 2.41. The fourth-order valence-electron chi connectivity index (χ4n) is 2.76. The van der Waals surface area contributed by atoms with Crippen LogP contribution in [0.25, 0.3) is 0 Å². The molecule has 0 aromatic carbocycles. The van der Waals surface area contributed by atoms with Crippen molar-refractivity contribution in [3.63, 3.8) is 0 Å². The van der Waals surface area contributed by atoms with Crippen LogP contribution in [0.4, 0.5) is 0 Å². The zero-order valence-electron chi connectivity index (χ0n) is 10.7. The van der Waals surface area contributed by atoms with Crippen LogP contribution in [0.3, 0.4) is 0 Å². The SMILES string of the molecule is NC(CC(=O)NCC1(C(=O)O)CCCC1)C1CC1. The van der Waals surface area contributed by atoms with Crippen LogP contribution in [0.5, 0.6) is 0 Å². The van der Waals surface area contributed by atoms with Crippen LogP contribution in [-0.4, -0.2) is 29.6 Å². The minimum Gasteiger partial charge on any atom is -0.481 e. The molecule has 1 amide bonds. The van der Waals surface area contributed by atoms with E-state index in [0.717, 1.165) is 25.7 Å². The molecule has 18 heavy (non-hydrogen) atoms. The van der Waals surface area contributed by atoms with E-state index in [4.69, 9.17) is 5.73 Å². The van der Waals surface area contributed by atoms with Gasteiger partial charge in [-0.3, -0.25) is 9.59 Å². The fraction of sp³-hybridized carbons (Fsp3) is 0.846. The number of nitrogens with one attached hydrogen (secondary N) is 1. The Morgan fingerprint density at radius 3 is 2.44 bits per heavy atom. The number of carboxylic acids is 1. The lowest BCUT2D eigenvalue weighted by atomic mass is 9.86. The molecule has 2 rings (SSSR count). The van der Waals surface area contributed by atoms with Crippen molar-refractivity contribution in [2.75, 3.05) is 6.54 Å². The zero-order valence-corrected chi connectivity index (χ0v) is 10.7. The molecule has 5 heteroatoms. The molecule has 4 N–H and O–H groups in total. The first-order chi connectivity index (χ1) is 8.53. The second kappa shape index (κ2) is 5.26. The molecule has 2 aliphatic rings. The van der Waals surface area contributed by atoms with Crippen molar-refractivity contribution in [3.8, 4) is 0 Å². The molecule has 0 aromatic rings.